The van der Waals surface area contributed by atoms with Gasteiger partial charge in [0.15, 0.2) is 0 Å². The van der Waals surface area contributed by atoms with Gasteiger partial charge in [-0.25, -0.2) is 0 Å². The third kappa shape index (κ3) is 1.71. The minimum Gasteiger partial charge on any atom is -0.342 e. The molecule has 0 N–H and O–H groups in total. The second kappa shape index (κ2) is 3.86. The van der Waals surface area contributed by atoms with Crippen LogP contribution in [-0.4, -0.2) is 19.9 Å². The third-order valence-corrected chi connectivity index (χ3v) is 2.54. The van der Waals surface area contributed by atoms with Gasteiger partial charge in [0.2, 0.25) is 12.2 Å². The molecule has 0 unspecified atom stereocenters. The van der Waals surface area contributed by atoms with E-state index in [1.165, 1.54) is 6.39 Å². The summed E-state index contributed by atoms with van der Waals surface area (Å²) in [6.45, 7) is 0. The van der Waals surface area contributed by atoms with Crippen molar-refractivity contribution in [3.8, 4) is 22.8 Å². The fourth-order valence-electron chi connectivity index (χ4n) is 1.74. The molecule has 17 heavy (non-hydrogen) atoms. The summed E-state index contributed by atoms with van der Waals surface area (Å²) in [4.78, 5) is 3.98. The van der Waals surface area contributed by atoms with Crippen LogP contribution in [0.4, 0.5) is 0 Å². The van der Waals surface area contributed by atoms with Crippen LogP contribution >= 0.6 is 0 Å². The van der Waals surface area contributed by atoms with Gasteiger partial charge in [0.05, 0.1) is 5.69 Å². The average molecular weight is 226 g/mol. The van der Waals surface area contributed by atoms with Crippen LogP contribution in [0.5, 0.6) is 0 Å². The van der Waals surface area contributed by atoms with Crippen LogP contribution in [0.15, 0.2) is 47.3 Å². The molecular weight excluding hydrogens is 216 g/mol. The van der Waals surface area contributed by atoms with Gasteiger partial charge in [-0.3, -0.25) is 4.68 Å². The molecule has 0 atom stereocenters. The predicted molar refractivity (Wildman–Crippen MR) is 61.9 cm³/mol. The van der Waals surface area contributed by atoms with Gasteiger partial charge in [-0.15, -0.1) is 0 Å². The molecule has 0 saturated heterocycles. The second-order valence-corrected chi connectivity index (χ2v) is 3.66. The first-order chi connectivity index (χ1) is 8.34. The highest BCUT2D eigenvalue weighted by Gasteiger charge is 2.11. The molecule has 0 aliphatic heterocycles. The van der Waals surface area contributed by atoms with E-state index in [4.69, 9.17) is 4.52 Å². The number of hydrogen-bond acceptors (Lipinski definition) is 4. The van der Waals surface area contributed by atoms with Gasteiger partial charge < -0.3 is 4.52 Å². The normalized spacial score (nSPS) is 10.6. The van der Waals surface area contributed by atoms with Crippen molar-refractivity contribution in [2.45, 2.75) is 0 Å². The summed E-state index contributed by atoms with van der Waals surface area (Å²) in [7, 11) is 1.89. The zero-order chi connectivity index (χ0) is 11.7. The molecule has 84 valence electrons. The van der Waals surface area contributed by atoms with E-state index in [0.717, 1.165) is 11.3 Å². The average Bonchev–Trinajstić information content (AvgIpc) is 2.99. The summed E-state index contributed by atoms with van der Waals surface area (Å²) < 4.78 is 6.52. The van der Waals surface area contributed by atoms with Gasteiger partial charge >= 0.3 is 0 Å². The maximum absolute atomic E-state index is 4.71. The summed E-state index contributed by atoms with van der Waals surface area (Å²) in [5.41, 5.74) is 2.84. The minimum atomic E-state index is 0.503. The van der Waals surface area contributed by atoms with Crippen molar-refractivity contribution in [1.29, 1.82) is 0 Å². The van der Waals surface area contributed by atoms with Crippen molar-refractivity contribution in [2.75, 3.05) is 0 Å². The smallest absolute Gasteiger partial charge is 0.222 e. The Hall–Kier alpha value is -2.43. The number of hydrogen-bond donors (Lipinski definition) is 0. The Kier molecular flexibility index (Phi) is 2.22. The molecular formula is C12H10N4O. The Morgan fingerprint density at radius 2 is 2.00 bits per heavy atom. The van der Waals surface area contributed by atoms with Crippen LogP contribution in [0.3, 0.4) is 0 Å². The lowest BCUT2D eigenvalue weighted by molar-refractivity contribution is 0.418. The van der Waals surface area contributed by atoms with E-state index < -0.39 is 0 Å². The van der Waals surface area contributed by atoms with Crippen LogP contribution in [0.2, 0.25) is 0 Å². The van der Waals surface area contributed by atoms with Crippen molar-refractivity contribution in [3.05, 3.63) is 42.8 Å². The molecule has 2 aromatic heterocycles. The van der Waals surface area contributed by atoms with Crippen LogP contribution < -0.4 is 0 Å². The lowest BCUT2D eigenvalue weighted by Gasteiger charge is -1.99. The molecule has 0 saturated carbocycles. The van der Waals surface area contributed by atoms with Crippen LogP contribution in [0.1, 0.15) is 0 Å². The maximum atomic E-state index is 4.71. The molecule has 3 aromatic rings. The molecule has 0 amide bonds. The lowest BCUT2D eigenvalue weighted by atomic mass is 10.1. The van der Waals surface area contributed by atoms with Gasteiger partial charge in [0, 0.05) is 7.05 Å². The zero-order valence-electron chi connectivity index (χ0n) is 9.24. The van der Waals surface area contributed by atoms with Crippen LogP contribution in [0.25, 0.3) is 22.8 Å². The summed E-state index contributed by atoms with van der Waals surface area (Å²) in [5, 5.41) is 8.13. The Morgan fingerprint density at radius 1 is 1.18 bits per heavy atom. The first-order valence-electron chi connectivity index (χ1n) is 5.21. The largest absolute Gasteiger partial charge is 0.342 e. The van der Waals surface area contributed by atoms with Crippen molar-refractivity contribution < 1.29 is 4.52 Å². The summed E-state index contributed by atoms with van der Waals surface area (Å²) in [6, 6.07) is 12.0. The molecule has 5 nitrogen and oxygen atoms in total. The molecule has 0 spiro atoms. The highest BCUT2D eigenvalue weighted by Crippen LogP contribution is 2.23. The fraction of sp³-hybridized carbons (Fsp3) is 0.0833. The van der Waals surface area contributed by atoms with Crippen molar-refractivity contribution in [2.24, 2.45) is 7.05 Å². The van der Waals surface area contributed by atoms with Crippen LogP contribution in [-0.2, 0) is 7.05 Å². The van der Waals surface area contributed by atoms with Gasteiger partial charge in [-0.05, 0) is 11.6 Å². The number of rotatable bonds is 2. The summed E-state index contributed by atoms with van der Waals surface area (Å²) in [6.07, 6.45) is 1.30. The molecule has 0 radical (unpaired) electrons. The molecule has 0 fully saturated rings. The van der Waals surface area contributed by atoms with Gasteiger partial charge in [0.1, 0.15) is 5.69 Å². The lowest BCUT2D eigenvalue weighted by Crippen LogP contribution is -1.93. The molecule has 5 heteroatoms. The SMILES string of the molecule is Cn1nc(-c2ncon2)cc1-c1ccccc1. The third-order valence-electron chi connectivity index (χ3n) is 2.54. The Labute approximate surface area is 97.7 Å². The van der Waals surface area contributed by atoms with Crippen molar-refractivity contribution >= 4 is 0 Å². The number of aryl methyl sites for hydroxylation is 1. The van der Waals surface area contributed by atoms with Crippen molar-refractivity contribution in [1.82, 2.24) is 19.9 Å². The van der Waals surface area contributed by atoms with E-state index in [9.17, 15) is 0 Å². The fourth-order valence-corrected chi connectivity index (χ4v) is 1.74. The maximum Gasteiger partial charge on any atom is 0.222 e. The highest BCUT2D eigenvalue weighted by atomic mass is 16.5. The van der Waals surface area contributed by atoms with E-state index in [-0.39, 0.29) is 0 Å². The molecule has 2 heterocycles. The quantitative estimate of drug-likeness (QED) is 0.671. The standard InChI is InChI=1S/C12H10N4O/c1-16-11(9-5-3-2-4-6-9)7-10(14-16)12-13-8-17-15-12/h2-8H,1H3. The number of aromatic nitrogens is 4. The summed E-state index contributed by atoms with van der Waals surface area (Å²) >= 11 is 0. The Morgan fingerprint density at radius 3 is 2.71 bits per heavy atom. The Bertz CT molecular complexity index is 613. The van der Waals surface area contributed by atoms with E-state index in [2.05, 4.69) is 15.2 Å². The second-order valence-electron chi connectivity index (χ2n) is 3.66. The van der Waals surface area contributed by atoms with E-state index in [1.807, 2.05) is 43.4 Å². The first-order valence-corrected chi connectivity index (χ1v) is 5.21. The highest BCUT2D eigenvalue weighted by molar-refractivity contribution is 5.65. The van der Waals surface area contributed by atoms with Gasteiger partial charge in [0.25, 0.3) is 0 Å². The molecule has 1 aromatic carbocycles. The molecule has 0 aliphatic rings. The number of nitrogens with zero attached hydrogens (tertiary/aromatic N) is 4. The van der Waals surface area contributed by atoms with E-state index in [0.29, 0.717) is 11.5 Å². The predicted octanol–water partition coefficient (Wildman–Crippen LogP) is 2.14. The molecule has 0 bridgehead atoms. The summed E-state index contributed by atoms with van der Waals surface area (Å²) in [5.74, 6) is 0.503. The van der Waals surface area contributed by atoms with Gasteiger partial charge in [-0.1, -0.05) is 35.5 Å². The monoisotopic (exact) mass is 226 g/mol. The van der Waals surface area contributed by atoms with Crippen LogP contribution in [0, 0.1) is 0 Å². The Balaban J connectivity index is 2.08. The molecule has 0 aliphatic carbocycles. The van der Waals surface area contributed by atoms with Crippen molar-refractivity contribution in [3.63, 3.8) is 0 Å². The topological polar surface area (TPSA) is 56.7 Å². The molecule has 3 rings (SSSR count). The van der Waals surface area contributed by atoms with Gasteiger partial charge in [-0.2, -0.15) is 10.1 Å². The van der Waals surface area contributed by atoms with E-state index in [1.54, 1.807) is 4.68 Å². The van der Waals surface area contributed by atoms with E-state index >= 15 is 0 Å². The number of benzene rings is 1. The first kappa shape index (κ1) is 9.77. The zero-order valence-corrected chi connectivity index (χ0v) is 9.24. The minimum absolute atomic E-state index is 0.503.